The molecule has 17 heavy (non-hydrogen) atoms. The Kier molecular flexibility index (Phi) is 4.90. The summed E-state index contributed by atoms with van der Waals surface area (Å²) in [5, 5.41) is 12.1. The third kappa shape index (κ3) is 5.15. The van der Waals surface area contributed by atoms with Crippen molar-refractivity contribution < 1.29 is 9.84 Å². The Hall–Kier alpha value is -1.13. The summed E-state index contributed by atoms with van der Waals surface area (Å²) in [5.74, 6) is 0.737. The topological polar surface area (TPSA) is 54.4 Å². The normalized spacial score (nSPS) is 11.6. The van der Waals surface area contributed by atoms with Crippen LogP contribution in [0.1, 0.15) is 32.2 Å². The van der Waals surface area contributed by atoms with E-state index < -0.39 is 0 Å². The third-order valence-electron chi connectivity index (χ3n) is 2.21. The molecule has 96 valence electrons. The fourth-order valence-corrected chi connectivity index (χ4v) is 1.36. The van der Waals surface area contributed by atoms with Crippen molar-refractivity contribution in [1.29, 1.82) is 0 Å². The monoisotopic (exact) mass is 238 g/mol. The number of aliphatic hydroxyl groups excluding tert-OH is 1. The van der Waals surface area contributed by atoms with Crippen LogP contribution in [0.2, 0.25) is 0 Å². The van der Waals surface area contributed by atoms with Gasteiger partial charge in [-0.2, -0.15) is 0 Å². The molecular formula is C13H22N2O2. The van der Waals surface area contributed by atoms with Crippen LogP contribution in [0.5, 0.6) is 5.75 Å². The summed E-state index contributed by atoms with van der Waals surface area (Å²) in [6, 6.07) is 3.81. The summed E-state index contributed by atoms with van der Waals surface area (Å²) in [4.78, 5) is 4.46. The van der Waals surface area contributed by atoms with Crippen molar-refractivity contribution >= 4 is 0 Å². The molecule has 0 fully saturated rings. The molecule has 0 radical (unpaired) electrons. The molecule has 2 N–H and O–H groups in total. The van der Waals surface area contributed by atoms with Gasteiger partial charge in [-0.05, 0) is 39.8 Å². The van der Waals surface area contributed by atoms with Crippen molar-refractivity contribution in [1.82, 2.24) is 10.3 Å². The molecule has 1 heterocycles. The van der Waals surface area contributed by atoms with Gasteiger partial charge in [-0.25, -0.2) is 0 Å². The Morgan fingerprint density at radius 3 is 2.65 bits per heavy atom. The summed E-state index contributed by atoms with van der Waals surface area (Å²) < 4.78 is 5.45. The smallest absolute Gasteiger partial charge is 0.142 e. The van der Waals surface area contributed by atoms with Crippen LogP contribution in [-0.2, 0) is 6.54 Å². The van der Waals surface area contributed by atoms with Gasteiger partial charge in [0.25, 0.3) is 0 Å². The number of hydrogen-bond acceptors (Lipinski definition) is 4. The zero-order valence-corrected chi connectivity index (χ0v) is 11.1. The number of aromatic nitrogens is 1. The van der Waals surface area contributed by atoms with Crippen molar-refractivity contribution in [3.05, 3.63) is 23.5 Å². The Morgan fingerprint density at radius 1 is 1.35 bits per heavy atom. The summed E-state index contributed by atoms with van der Waals surface area (Å²) in [6.07, 6.45) is 0. The van der Waals surface area contributed by atoms with E-state index >= 15 is 0 Å². The first-order chi connectivity index (χ1) is 7.92. The Balaban J connectivity index is 2.76. The summed E-state index contributed by atoms with van der Waals surface area (Å²) in [5.41, 5.74) is 1.89. The fraction of sp³-hybridized carbons (Fsp3) is 0.615. The predicted octanol–water partition coefficient (Wildman–Crippen LogP) is 1.65. The van der Waals surface area contributed by atoms with Gasteiger partial charge in [0, 0.05) is 17.8 Å². The van der Waals surface area contributed by atoms with Crippen molar-refractivity contribution in [3.8, 4) is 5.75 Å². The van der Waals surface area contributed by atoms with Gasteiger partial charge in [0.05, 0.1) is 12.3 Å². The lowest BCUT2D eigenvalue weighted by Crippen LogP contribution is -2.35. The second kappa shape index (κ2) is 5.98. The minimum Gasteiger partial charge on any atom is -0.489 e. The number of nitrogens with one attached hydrogen (secondary N) is 1. The molecule has 0 spiro atoms. The molecule has 1 aromatic rings. The maximum Gasteiger partial charge on any atom is 0.142 e. The van der Waals surface area contributed by atoms with Crippen LogP contribution >= 0.6 is 0 Å². The summed E-state index contributed by atoms with van der Waals surface area (Å²) >= 11 is 0. The van der Waals surface area contributed by atoms with Crippen LogP contribution in [0.25, 0.3) is 0 Å². The molecule has 0 saturated heterocycles. The lowest BCUT2D eigenvalue weighted by atomic mass is 10.1. The molecule has 0 saturated carbocycles. The first-order valence-corrected chi connectivity index (χ1v) is 5.87. The standard InChI is InChI=1S/C13H22N2O2/c1-10-5-6-12(17-8-7-16)11(15-10)9-14-13(2,3)4/h5-6,14,16H,7-9H2,1-4H3. The Labute approximate surface area is 103 Å². The highest BCUT2D eigenvalue weighted by molar-refractivity contribution is 5.29. The highest BCUT2D eigenvalue weighted by Crippen LogP contribution is 2.17. The van der Waals surface area contributed by atoms with Crippen molar-refractivity contribution in [3.63, 3.8) is 0 Å². The average Bonchev–Trinajstić information content (AvgIpc) is 2.24. The molecule has 4 heteroatoms. The minimum absolute atomic E-state index is 0.0139. The van der Waals surface area contributed by atoms with Gasteiger partial charge in [-0.15, -0.1) is 0 Å². The largest absolute Gasteiger partial charge is 0.489 e. The maximum absolute atomic E-state index is 8.77. The second-order valence-corrected chi connectivity index (χ2v) is 5.07. The van der Waals surface area contributed by atoms with Gasteiger partial charge < -0.3 is 15.2 Å². The summed E-state index contributed by atoms with van der Waals surface area (Å²) in [7, 11) is 0. The van der Waals surface area contributed by atoms with E-state index in [0.29, 0.717) is 13.2 Å². The molecule has 0 aromatic carbocycles. The number of rotatable bonds is 5. The molecule has 0 unspecified atom stereocenters. The number of pyridine rings is 1. The maximum atomic E-state index is 8.77. The van der Waals surface area contributed by atoms with Crippen molar-refractivity contribution in [2.45, 2.75) is 39.8 Å². The molecule has 0 aliphatic heterocycles. The van der Waals surface area contributed by atoms with E-state index in [1.165, 1.54) is 0 Å². The van der Waals surface area contributed by atoms with E-state index in [-0.39, 0.29) is 12.1 Å². The molecule has 0 aliphatic rings. The van der Waals surface area contributed by atoms with Gasteiger partial charge in [0.15, 0.2) is 0 Å². The van der Waals surface area contributed by atoms with Gasteiger partial charge in [-0.1, -0.05) is 0 Å². The zero-order valence-electron chi connectivity index (χ0n) is 11.1. The summed E-state index contributed by atoms with van der Waals surface area (Å²) in [6.45, 7) is 9.25. The highest BCUT2D eigenvalue weighted by Gasteiger charge is 2.12. The van der Waals surface area contributed by atoms with Gasteiger partial charge in [-0.3, -0.25) is 4.98 Å². The minimum atomic E-state index is 0.0139. The Bertz CT molecular complexity index is 359. The highest BCUT2D eigenvalue weighted by atomic mass is 16.5. The van der Waals surface area contributed by atoms with Crippen LogP contribution in [0.15, 0.2) is 12.1 Å². The van der Waals surface area contributed by atoms with Crippen LogP contribution in [0.4, 0.5) is 0 Å². The molecule has 0 bridgehead atoms. The number of hydrogen-bond donors (Lipinski definition) is 2. The van der Waals surface area contributed by atoms with Crippen molar-refractivity contribution in [2.24, 2.45) is 0 Å². The number of nitrogens with zero attached hydrogens (tertiary/aromatic N) is 1. The number of ether oxygens (including phenoxy) is 1. The first kappa shape index (κ1) is 13.9. The predicted molar refractivity (Wildman–Crippen MR) is 68.1 cm³/mol. The molecular weight excluding hydrogens is 216 g/mol. The van der Waals surface area contributed by atoms with E-state index in [4.69, 9.17) is 9.84 Å². The van der Waals surface area contributed by atoms with Crippen molar-refractivity contribution in [2.75, 3.05) is 13.2 Å². The lowest BCUT2D eigenvalue weighted by molar-refractivity contribution is 0.199. The van der Waals surface area contributed by atoms with Crippen LogP contribution in [0.3, 0.4) is 0 Å². The number of aliphatic hydroxyl groups is 1. The molecule has 0 aliphatic carbocycles. The van der Waals surface area contributed by atoms with Gasteiger partial charge in [0.2, 0.25) is 0 Å². The van der Waals surface area contributed by atoms with Crippen LogP contribution < -0.4 is 10.1 Å². The Morgan fingerprint density at radius 2 is 2.06 bits per heavy atom. The van der Waals surface area contributed by atoms with Crippen LogP contribution in [-0.4, -0.2) is 28.8 Å². The van der Waals surface area contributed by atoms with E-state index in [1.54, 1.807) is 0 Å². The lowest BCUT2D eigenvalue weighted by Gasteiger charge is -2.21. The number of aryl methyl sites for hydroxylation is 1. The second-order valence-electron chi connectivity index (χ2n) is 5.07. The van der Waals surface area contributed by atoms with Gasteiger partial charge >= 0.3 is 0 Å². The SMILES string of the molecule is Cc1ccc(OCCO)c(CNC(C)(C)C)n1. The van der Waals surface area contributed by atoms with E-state index in [1.807, 2.05) is 19.1 Å². The first-order valence-electron chi connectivity index (χ1n) is 5.87. The van der Waals surface area contributed by atoms with E-state index in [9.17, 15) is 0 Å². The molecule has 1 rings (SSSR count). The zero-order chi connectivity index (χ0) is 12.9. The van der Waals surface area contributed by atoms with Crippen LogP contribution in [0, 0.1) is 6.92 Å². The quantitative estimate of drug-likeness (QED) is 0.819. The molecule has 4 nitrogen and oxygen atoms in total. The third-order valence-corrected chi connectivity index (χ3v) is 2.21. The van der Waals surface area contributed by atoms with E-state index in [0.717, 1.165) is 17.1 Å². The molecule has 0 amide bonds. The van der Waals surface area contributed by atoms with E-state index in [2.05, 4.69) is 31.1 Å². The average molecular weight is 238 g/mol. The molecule has 0 atom stereocenters. The van der Waals surface area contributed by atoms with Gasteiger partial charge in [0.1, 0.15) is 12.4 Å². The molecule has 1 aromatic heterocycles. The fourth-order valence-electron chi connectivity index (χ4n) is 1.36.